The minimum atomic E-state index is -3.26. The van der Waals surface area contributed by atoms with E-state index in [2.05, 4.69) is 37.6 Å². The Bertz CT molecular complexity index is 440. The van der Waals surface area contributed by atoms with E-state index < -0.39 is 30.9 Å². The average Bonchev–Trinajstić information content (AvgIpc) is 2.64. The molecule has 0 aromatic carbocycles. The van der Waals surface area contributed by atoms with E-state index in [1.807, 2.05) is 27.7 Å². The van der Waals surface area contributed by atoms with Crippen LogP contribution in [0.2, 0.25) is 15.8 Å². The first-order chi connectivity index (χ1) is 12.4. The van der Waals surface area contributed by atoms with Gasteiger partial charge in [-0.1, -0.05) is 0 Å². The van der Waals surface area contributed by atoms with Gasteiger partial charge in [-0.15, -0.1) is 0 Å². The predicted octanol–water partition coefficient (Wildman–Crippen LogP) is 4.34. The van der Waals surface area contributed by atoms with Crippen LogP contribution in [0.1, 0.15) is 48.5 Å². The monoisotopic (exact) mass is 464 g/mol. The molecule has 0 unspecified atom stereocenters. The summed E-state index contributed by atoms with van der Waals surface area (Å²) in [5.74, 6) is 0. The molecular formula is C18H38GeO5Si2. The van der Waals surface area contributed by atoms with E-state index in [9.17, 15) is 0 Å². The Labute approximate surface area is 165 Å². The number of hydrogen-bond donors (Lipinski definition) is 0. The van der Waals surface area contributed by atoms with Crippen LogP contribution in [0, 0.1) is 10.3 Å². The minimum absolute atomic E-state index is 0.463. The molecule has 0 spiro atoms. The summed E-state index contributed by atoms with van der Waals surface area (Å²) in [6, 6.07) is 0. The van der Waals surface area contributed by atoms with Gasteiger partial charge in [0.05, 0.1) is 0 Å². The molecule has 0 radical (unpaired) electrons. The van der Waals surface area contributed by atoms with Crippen LogP contribution in [0.5, 0.6) is 0 Å². The summed E-state index contributed by atoms with van der Waals surface area (Å²) >= 11 is -2.23. The van der Waals surface area contributed by atoms with Crippen LogP contribution in [0.25, 0.3) is 0 Å². The SMILES string of the molecule is C=C[Si](OCC)(OCC)O[Si](C#[C][Ge]([CH2]C)([CH2]C)[CH2]C)(OCC)OCC. The normalized spacial score (nSPS) is 12.6. The van der Waals surface area contributed by atoms with E-state index in [1.165, 1.54) is 0 Å². The van der Waals surface area contributed by atoms with Gasteiger partial charge in [0.1, 0.15) is 0 Å². The predicted molar refractivity (Wildman–Crippen MR) is 114 cm³/mol. The van der Waals surface area contributed by atoms with Gasteiger partial charge in [-0.3, -0.25) is 0 Å². The quantitative estimate of drug-likeness (QED) is 0.283. The molecule has 0 atom stereocenters. The third-order valence-corrected chi connectivity index (χ3v) is 20.7. The van der Waals surface area contributed by atoms with Crippen LogP contribution >= 0.6 is 0 Å². The molecule has 0 heterocycles. The molecule has 152 valence electrons. The van der Waals surface area contributed by atoms with Crippen molar-refractivity contribution in [2.75, 3.05) is 26.4 Å². The summed E-state index contributed by atoms with van der Waals surface area (Å²) in [6.07, 6.45) is 0. The van der Waals surface area contributed by atoms with Crippen LogP contribution < -0.4 is 0 Å². The maximum absolute atomic E-state index is 6.39. The molecule has 0 aromatic rings. The number of hydrogen-bond acceptors (Lipinski definition) is 5. The summed E-state index contributed by atoms with van der Waals surface area (Å²) in [5, 5.41) is 3.47. The first kappa shape index (κ1) is 26.1. The molecule has 0 aromatic heterocycles. The summed E-state index contributed by atoms with van der Waals surface area (Å²) in [7, 11) is -6.37. The van der Waals surface area contributed by atoms with Gasteiger partial charge in [-0.05, 0) is 0 Å². The van der Waals surface area contributed by atoms with Crippen molar-refractivity contribution in [2.24, 2.45) is 0 Å². The molecule has 0 aliphatic carbocycles. The fourth-order valence-electron chi connectivity index (χ4n) is 2.65. The van der Waals surface area contributed by atoms with Gasteiger partial charge in [-0.2, -0.15) is 0 Å². The van der Waals surface area contributed by atoms with Gasteiger partial charge in [0.15, 0.2) is 0 Å². The summed E-state index contributed by atoms with van der Waals surface area (Å²) in [6.45, 7) is 20.2. The van der Waals surface area contributed by atoms with E-state index in [0.717, 1.165) is 15.8 Å². The topological polar surface area (TPSA) is 46.2 Å². The second-order valence-electron chi connectivity index (χ2n) is 5.79. The van der Waals surface area contributed by atoms with Gasteiger partial charge < -0.3 is 0 Å². The van der Waals surface area contributed by atoms with Crippen molar-refractivity contribution < 1.29 is 21.8 Å². The van der Waals surface area contributed by atoms with E-state index in [-0.39, 0.29) is 0 Å². The Balaban J connectivity index is 6.07. The summed E-state index contributed by atoms with van der Waals surface area (Å²) < 4.78 is 33.8. The zero-order valence-corrected chi connectivity index (χ0v) is 21.9. The van der Waals surface area contributed by atoms with Crippen LogP contribution in [-0.4, -0.2) is 57.3 Å². The fourth-order valence-corrected chi connectivity index (χ4v) is 15.1. The van der Waals surface area contributed by atoms with Gasteiger partial charge >= 0.3 is 166 Å². The van der Waals surface area contributed by atoms with Crippen LogP contribution in [0.15, 0.2) is 12.3 Å². The molecule has 0 aliphatic rings. The fraction of sp³-hybridized carbons (Fsp3) is 0.778. The molecule has 0 fully saturated rings. The van der Waals surface area contributed by atoms with E-state index in [0.29, 0.717) is 26.4 Å². The number of rotatable bonds is 14. The Kier molecular flexibility index (Phi) is 13.3. The molecule has 26 heavy (non-hydrogen) atoms. The Morgan fingerprint density at radius 1 is 0.769 bits per heavy atom. The van der Waals surface area contributed by atoms with E-state index >= 15 is 0 Å². The van der Waals surface area contributed by atoms with E-state index in [1.54, 1.807) is 5.70 Å². The zero-order chi connectivity index (χ0) is 20.1. The third kappa shape index (κ3) is 7.60. The zero-order valence-electron chi connectivity index (χ0n) is 17.8. The Hall–Kier alpha value is 0.0766. The molecule has 5 nitrogen and oxygen atoms in total. The van der Waals surface area contributed by atoms with Gasteiger partial charge in [-0.25, -0.2) is 0 Å². The Morgan fingerprint density at radius 3 is 1.50 bits per heavy atom. The Morgan fingerprint density at radius 2 is 1.19 bits per heavy atom. The second kappa shape index (κ2) is 13.3. The molecule has 0 aliphatic heterocycles. The maximum atomic E-state index is 6.39. The molecule has 0 N–H and O–H groups in total. The summed E-state index contributed by atoms with van der Waals surface area (Å²) in [5.41, 5.74) is 5.02. The van der Waals surface area contributed by atoms with Crippen molar-refractivity contribution in [2.45, 2.75) is 64.2 Å². The van der Waals surface area contributed by atoms with Crippen molar-refractivity contribution in [1.82, 2.24) is 0 Å². The third-order valence-electron chi connectivity index (χ3n) is 4.40. The molecule has 8 heteroatoms. The first-order valence-electron chi connectivity index (χ1n) is 9.84. The van der Waals surface area contributed by atoms with Gasteiger partial charge in [0, 0.05) is 0 Å². The van der Waals surface area contributed by atoms with Crippen molar-refractivity contribution in [3.05, 3.63) is 12.3 Å². The van der Waals surface area contributed by atoms with E-state index in [4.69, 9.17) is 21.8 Å². The molecule has 0 saturated heterocycles. The molecular weight excluding hydrogens is 425 g/mol. The standard InChI is InChI=1S/C18H38GeO5Si2/c1-9-19(10-2,11-3)17-18-26(22-14-6,23-15-7)24-25(16-8,20-12-4)21-13-5/h16H,8-15H2,1-7H3. The van der Waals surface area contributed by atoms with Crippen molar-refractivity contribution in [1.29, 1.82) is 0 Å². The molecule has 0 saturated carbocycles. The van der Waals surface area contributed by atoms with Crippen LogP contribution in [-0.2, 0) is 21.8 Å². The van der Waals surface area contributed by atoms with Gasteiger partial charge in [0.2, 0.25) is 0 Å². The molecule has 0 bridgehead atoms. The van der Waals surface area contributed by atoms with Crippen LogP contribution in [0.3, 0.4) is 0 Å². The average molecular weight is 463 g/mol. The summed E-state index contributed by atoms with van der Waals surface area (Å²) in [4.78, 5) is 0. The molecule has 0 rings (SSSR count). The van der Waals surface area contributed by atoms with Crippen molar-refractivity contribution in [3.63, 3.8) is 0 Å². The van der Waals surface area contributed by atoms with Crippen molar-refractivity contribution in [3.8, 4) is 10.3 Å². The first-order valence-corrected chi connectivity index (χ1v) is 18.9. The van der Waals surface area contributed by atoms with Crippen molar-refractivity contribution >= 4 is 30.9 Å². The molecule has 0 amide bonds. The van der Waals surface area contributed by atoms with Crippen LogP contribution in [0.4, 0.5) is 0 Å². The van der Waals surface area contributed by atoms with Gasteiger partial charge in [0.25, 0.3) is 0 Å². The second-order valence-corrected chi connectivity index (χ2v) is 21.1.